The van der Waals surface area contributed by atoms with E-state index in [1.807, 2.05) is 6.92 Å². The van der Waals surface area contributed by atoms with Crippen LogP contribution in [0.5, 0.6) is 5.75 Å². The molecule has 0 saturated carbocycles. The number of furan rings is 1. The number of benzene rings is 1. The number of carbonyl (C=O) groups excluding carboxylic acids is 3. The first-order valence-corrected chi connectivity index (χ1v) is 8.15. The highest BCUT2D eigenvalue weighted by molar-refractivity contribution is 6.10. The Morgan fingerprint density at radius 3 is 2.73 bits per heavy atom. The van der Waals surface area contributed by atoms with Crippen LogP contribution >= 0.6 is 0 Å². The van der Waals surface area contributed by atoms with Crippen LogP contribution in [-0.2, 0) is 15.1 Å². The summed E-state index contributed by atoms with van der Waals surface area (Å²) in [5, 5.41) is 5.24. The lowest BCUT2D eigenvalue weighted by Gasteiger charge is -2.19. The van der Waals surface area contributed by atoms with E-state index in [9.17, 15) is 14.4 Å². The normalized spacial score (nSPS) is 19.4. The van der Waals surface area contributed by atoms with Gasteiger partial charge in [-0.25, -0.2) is 4.79 Å². The van der Waals surface area contributed by atoms with Crippen molar-refractivity contribution in [2.75, 3.05) is 18.5 Å². The Bertz CT molecular complexity index is 833. The summed E-state index contributed by atoms with van der Waals surface area (Å²) < 4.78 is 10.7. The van der Waals surface area contributed by atoms with E-state index >= 15 is 0 Å². The van der Waals surface area contributed by atoms with Gasteiger partial charge in [-0.2, -0.15) is 0 Å². The average Bonchev–Trinajstić information content (AvgIpc) is 3.22. The lowest BCUT2D eigenvalue weighted by Crippen LogP contribution is -2.41. The molecule has 2 N–H and O–H groups in total. The number of nitrogens with one attached hydrogen (secondary N) is 2. The van der Waals surface area contributed by atoms with Crippen molar-refractivity contribution in [1.82, 2.24) is 10.2 Å². The fraction of sp³-hybridized carbons (Fsp3) is 0.278. The number of hydrogen-bond acceptors (Lipinski definition) is 5. The summed E-state index contributed by atoms with van der Waals surface area (Å²) in [5.74, 6) is -0.239. The Morgan fingerprint density at radius 2 is 2.04 bits per heavy atom. The number of imide groups is 1. The molecule has 1 unspecified atom stereocenters. The summed E-state index contributed by atoms with van der Waals surface area (Å²) in [6.45, 7) is 3.40. The minimum absolute atomic E-state index is 0.306. The van der Waals surface area contributed by atoms with Gasteiger partial charge in [0.05, 0.1) is 18.6 Å². The van der Waals surface area contributed by atoms with E-state index in [1.165, 1.54) is 13.2 Å². The second-order valence-corrected chi connectivity index (χ2v) is 5.90. The van der Waals surface area contributed by atoms with Crippen LogP contribution in [0.3, 0.4) is 0 Å². The lowest BCUT2D eigenvalue weighted by molar-refractivity contribution is -0.134. The molecule has 1 aliphatic rings. The molecule has 2 aromatic rings. The first kappa shape index (κ1) is 17.5. The van der Waals surface area contributed by atoms with Gasteiger partial charge in [-0.15, -0.1) is 0 Å². The molecule has 1 aliphatic heterocycles. The predicted octanol–water partition coefficient (Wildman–Crippen LogP) is 2.08. The number of ether oxygens (including phenoxy) is 1. The Balaban J connectivity index is 1.72. The summed E-state index contributed by atoms with van der Waals surface area (Å²) in [6.07, 6.45) is 1.42. The summed E-state index contributed by atoms with van der Waals surface area (Å²) in [7, 11) is 0. The third-order valence-electron chi connectivity index (χ3n) is 4.05. The van der Waals surface area contributed by atoms with E-state index in [4.69, 9.17) is 9.15 Å². The molecule has 1 fully saturated rings. The maximum absolute atomic E-state index is 12.7. The smallest absolute Gasteiger partial charge is 0.325 e. The van der Waals surface area contributed by atoms with Crippen molar-refractivity contribution in [2.24, 2.45) is 0 Å². The zero-order valence-corrected chi connectivity index (χ0v) is 14.4. The monoisotopic (exact) mass is 357 g/mol. The van der Waals surface area contributed by atoms with E-state index in [2.05, 4.69) is 10.6 Å². The summed E-state index contributed by atoms with van der Waals surface area (Å²) in [6, 6.07) is 9.51. The van der Waals surface area contributed by atoms with Gasteiger partial charge in [0.15, 0.2) is 5.54 Å². The van der Waals surface area contributed by atoms with Crippen LogP contribution in [0.15, 0.2) is 47.1 Å². The van der Waals surface area contributed by atoms with Crippen molar-refractivity contribution in [1.29, 1.82) is 0 Å². The van der Waals surface area contributed by atoms with Crippen LogP contribution in [0.1, 0.15) is 19.6 Å². The quantitative estimate of drug-likeness (QED) is 0.771. The molecule has 1 saturated heterocycles. The number of anilines is 1. The SMILES string of the molecule is CCOc1ccccc1NC(=O)CN1C(=O)NC(C)(c2ccco2)C1=O. The van der Waals surface area contributed by atoms with Gasteiger partial charge in [0.1, 0.15) is 18.1 Å². The largest absolute Gasteiger partial charge is 0.492 e. The number of rotatable bonds is 6. The molecule has 0 spiro atoms. The number of urea groups is 1. The standard InChI is InChI=1S/C18H19N3O5/c1-3-25-13-8-5-4-7-12(13)19-15(22)11-21-16(23)18(2,20-17(21)24)14-9-6-10-26-14/h4-10H,3,11H2,1-2H3,(H,19,22)(H,20,24). The molecule has 0 bridgehead atoms. The highest BCUT2D eigenvalue weighted by atomic mass is 16.5. The average molecular weight is 357 g/mol. The molecule has 8 nitrogen and oxygen atoms in total. The first-order valence-electron chi connectivity index (χ1n) is 8.15. The molecule has 136 valence electrons. The zero-order valence-electron chi connectivity index (χ0n) is 14.4. The molecule has 0 radical (unpaired) electrons. The van der Waals surface area contributed by atoms with Crippen molar-refractivity contribution in [3.05, 3.63) is 48.4 Å². The molecular formula is C18H19N3O5. The van der Waals surface area contributed by atoms with E-state index in [0.29, 0.717) is 23.8 Å². The number of para-hydroxylation sites is 2. The zero-order chi connectivity index (χ0) is 18.7. The van der Waals surface area contributed by atoms with Gasteiger partial charge in [-0.3, -0.25) is 14.5 Å². The van der Waals surface area contributed by atoms with Gasteiger partial charge in [-0.05, 0) is 38.1 Å². The Hall–Kier alpha value is -3.29. The Kier molecular flexibility index (Phi) is 4.66. The highest BCUT2D eigenvalue weighted by Crippen LogP contribution is 2.29. The van der Waals surface area contributed by atoms with Crippen molar-refractivity contribution in [3.8, 4) is 5.75 Å². The fourth-order valence-electron chi connectivity index (χ4n) is 2.76. The summed E-state index contributed by atoms with van der Waals surface area (Å²) >= 11 is 0. The molecular weight excluding hydrogens is 338 g/mol. The number of amides is 4. The lowest BCUT2D eigenvalue weighted by atomic mass is 9.99. The van der Waals surface area contributed by atoms with Crippen LogP contribution in [0.4, 0.5) is 10.5 Å². The molecule has 1 aromatic heterocycles. The van der Waals surface area contributed by atoms with Crippen LogP contribution in [0.2, 0.25) is 0 Å². The maximum Gasteiger partial charge on any atom is 0.325 e. The van der Waals surface area contributed by atoms with Crippen molar-refractivity contribution in [2.45, 2.75) is 19.4 Å². The predicted molar refractivity (Wildman–Crippen MR) is 92.5 cm³/mol. The van der Waals surface area contributed by atoms with Gasteiger partial charge in [0.25, 0.3) is 5.91 Å². The van der Waals surface area contributed by atoms with Crippen LogP contribution in [0.25, 0.3) is 0 Å². The van der Waals surface area contributed by atoms with Gasteiger partial charge >= 0.3 is 6.03 Å². The first-order chi connectivity index (χ1) is 12.5. The van der Waals surface area contributed by atoms with Gasteiger partial charge in [0, 0.05) is 0 Å². The van der Waals surface area contributed by atoms with Crippen molar-refractivity contribution < 1.29 is 23.5 Å². The number of nitrogens with zero attached hydrogens (tertiary/aromatic N) is 1. The maximum atomic E-state index is 12.7. The second kappa shape index (κ2) is 6.91. The molecule has 8 heteroatoms. The number of carbonyl (C=O) groups is 3. The van der Waals surface area contributed by atoms with E-state index in [0.717, 1.165) is 4.90 Å². The molecule has 4 amide bonds. The van der Waals surface area contributed by atoms with Gasteiger partial charge in [-0.1, -0.05) is 12.1 Å². The fourth-order valence-corrected chi connectivity index (χ4v) is 2.76. The van der Waals surface area contributed by atoms with Crippen molar-refractivity contribution >= 4 is 23.5 Å². The summed E-state index contributed by atoms with van der Waals surface area (Å²) in [4.78, 5) is 38.1. The third-order valence-corrected chi connectivity index (χ3v) is 4.05. The molecule has 26 heavy (non-hydrogen) atoms. The van der Waals surface area contributed by atoms with Crippen molar-refractivity contribution in [3.63, 3.8) is 0 Å². The minimum Gasteiger partial charge on any atom is -0.492 e. The second-order valence-electron chi connectivity index (χ2n) is 5.90. The molecule has 3 rings (SSSR count). The minimum atomic E-state index is -1.33. The molecule has 2 heterocycles. The van der Waals surface area contributed by atoms with Gasteiger partial charge < -0.3 is 19.8 Å². The van der Waals surface area contributed by atoms with Crippen LogP contribution in [0, 0.1) is 0 Å². The molecule has 0 aliphatic carbocycles. The Labute approximate surface area is 150 Å². The van der Waals surface area contributed by atoms with E-state index in [-0.39, 0.29) is 0 Å². The number of hydrogen-bond donors (Lipinski definition) is 2. The van der Waals surface area contributed by atoms with Gasteiger partial charge in [0.2, 0.25) is 5.91 Å². The van der Waals surface area contributed by atoms with E-state index < -0.39 is 29.9 Å². The Morgan fingerprint density at radius 1 is 1.27 bits per heavy atom. The van der Waals surface area contributed by atoms with Crippen LogP contribution in [-0.4, -0.2) is 35.9 Å². The van der Waals surface area contributed by atoms with Crippen LogP contribution < -0.4 is 15.4 Å². The molecule has 1 aromatic carbocycles. The van der Waals surface area contributed by atoms with E-state index in [1.54, 1.807) is 36.4 Å². The molecule has 1 atom stereocenters. The topological polar surface area (TPSA) is 101 Å². The third kappa shape index (κ3) is 3.13. The highest BCUT2D eigenvalue weighted by Gasteiger charge is 2.51. The summed E-state index contributed by atoms with van der Waals surface area (Å²) in [5.41, 5.74) is -0.857.